The Labute approximate surface area is 214 Å². The molecule has 1 aliphatic heterocycles. The molecule has 0 saturated carbocycles. The lowest BCUT2D eigenvalue weighted by molar-refractivity contribution is 0.0617. The Kier molecular flexibility index (Phi) is 5.97. The Hall–Kier alpha value is -4.37. The molecule has 0 N–H and O–H groups in total. The molecule has 0 bridgehead atoms. The first-order valence-corrected chi connectivity index (χ1v) is 12.4. The van der Waals surface area contributed by atoms with E-state index in [1.165, 1.54) is 0 Å². The van der Waals surface area contributed by atoms with Gasteiger partial charge in [-0.05, 0) is 13.0 Å². The van der Waals surface area contributed by atoms with Crippen LogP contribution >= 0.6 is 0 Å². The highest BCUT2D eigenvalue weighted by Crippen LogP contribution is 2.28. The van der Waals surface area contributed by atoms with Crippen molar-refractivity contribution in [1.82, 2.24) is 34.7 Å². The molecule has 0 unspecified atom stereocenters. The van der Waals surface area contributed by atoms with Crippen LogP contribution in [0.3, 0.4) is 0 Å². The second kappa shape index (κ2) is 9.59. The highest BCUT2D eigenvalue weighted by atomic mass is 16.5. The first-order chi connectivity index (χ1) is 18.1. The standard InChI is InChI=1S/C28H27N7O2/c1-19-25-22(17-23(20-9-5-3-6-10-20)29-27(25)33(2)31-19)28(36)35-15-13-34(14-16-35)18-24-30-26(32-37-24)21-11-7-4-8-12-21/h3-12,17H,13-16,18H2,1-2H3. The number of carbonyl (C=O) groups is 1. The highest BCUT2D eigenvalue weighted by molar-refractivity contribution is 6.07. The Morgan fingerprint density at radius 2 is 1.59 bits per heavy atom. The number of carbonyl (C=O) groups excluding carboxylic acids is 1. The molecular weight excluding hydrogens is 466 g/mol. The number of aryl methyl sites for hydroxylation is 2. The molecule has 0 aliphatic carbocycles. The summed E-state index contributed by atoms with van der Waals surface area (Å²) in [7, 11) is 1.87. The van der Waals surface area contributed by atoms with E-state index in [1.54, 1.807) is 4.68 Å². The van der Waals surface area contributed by atoms with Gasteiger partial charge in [-0.2, -0.15) is 10.1 Å². The van der Waals surface area contributed by atoms with Crippen molar-refractivity contribution in [3.05, 3.63) is 83.9 Å². The highest BCUT2D eigenvalue weighted by Gasteiger charge is 2.27. The van der Waals surface area contributed by atoms with Gasteiger partial charge in [-0.1, -0.05) is 65.8 Å². The fourth-order valence-corrected chi connectivity index (χ4v) is 4.86. The van der Waals surface area contributed by atoms with E-state index in [0.717, 1.165) is 41.0 Å². The van der Waals surface area contributed by atoms with Crippen LogP contribution in [0.1, 0.15) is 21.9 Å². The first kappa shape index (κ1) is 23.1. The van der Waals surface area contributed by atoms with E-state index in [2.05, 4.69) is 20.1 Å². The van der Waals surface area contributed by atoms with E-state index >= 15 is 0 Å². The third kappa shape index (κ3) is 4.49. The van der Waals surface area contributed by atoms with Gasteiger partial charge in [0.05, 0.1) is 28.9 Å². The second-order valence-electron chi connectivity index (χ2n) is 9.27. The maximum atomic E-state index is 13.8. The molecule has 1 saturated heterocycles. The van der Waals surface area contributed by atoms with E-state index in [1.807, 2.05) is 85.6 Å². The lowest BCUT2D eigenvalue weighted by Gasteiger charge is -2.34. The zero-order valence-electron chi connectivity index (χ0n) is 20.8. The Morgan fingerprint density at radius 1 is 0.919 bits per heavy atom. The number of piperazine rings is 1. The fourth-order valence-electron chi connectivity index (χ4n) is 4.86. The van der Waals surface area contributed by atoms with Crippen molar-refractivity contribution in [2.75, 3.05) is 26.2 Å². The Balaban J connectivity index is 1.19. The number of fused-ring (bicyclic) bond motifs is 1. The van der Waals surface area contributed by atoms with Crippen molar-refractivity contribution in [2.45, 2.75) is 13.5 Å². The number of rotatable bonds is 5. The minimum Gasteiger partial charge on any atom is -0.338 e. The summed E-state index contributed by atoms with van der Waals surface area (Å²) in [5.74, 6) is 1.17. The summed E-state index contributed by atoms with van der Waals surface area (Å²) in [6.07, 6.45) is 0. The lowest BCUT2D eigenvalue weighted by atomic mass is 10.0. The van der Waals surface area contributed by atoms with Crippen LogP contribution in [-0.4, -0.2) is 66.8 Å². The average Bonchev–Trinajstić information content (AvgIpc) is 3.53. The van der Waals surface area contributed by atoms with Crippen LogP contribution in [0.4, 0.5) is 0 Å². The molecule has 5 aromatic rings. The summed E-state index contributed by atoms with van der Waals surface area (Å²) < 4.78 is 7.23. The van der Waals surface area contributed by atoms with Gasteiger partial charge in [-0.3, -0.25) is 14.4 Å². The van der Waals surface area contributed by atoms with Crippen LogP contribution in [0.25, 0.3) is 33.7 Å². The van der Waals surface area contributed by atoms with Crippen LogP contribution in [0.5, 0.6) is 0 Å². The van der Waals surface area contributed by atoms with Gasteiger partial charge >= 0.3 is 0 Å². The number of amides is 1. The van der Waals surface area contributed by atoms with Crippen LogP contribution in [0.15, 0.2) is 71.3 Å². The molecule has 1 aliphatic rings. The molecule has 6 rings (SSSR count). The van der Waals surface area contributed by atoms with Crippen LogP contribution in [0, 0.1) is 6.92 Å². The summed E-state index contributed by atoms with van der Waals surface area (Å²) >= 11 is 0. The molecule has 37 heavy (non-hydrogen) atoms. The minimum absolute atomic E-state index is 0.00415. The second-order valence-corrected chi connectivity index (χ2v) is 9.27. The predicted molar refractivity (Wildman–Crippen MR) is 140 cm³/mol. The zero-order valence-corrected chi connectivity index (χ0v) is 20.8. The smallest absolute Gasteiger partial charge is 0.254 e. The van der Waals surface area contributed by atoms with Crippen molar-refractivity contribution in [3.8, 4) is 22.6 Å². The van der Waals surface area contributed by atoms with Gasteiger partial charge in [0.25, 0.3) is 5.91 Å². The van der Waals surface area contributed by atoms with Crippen LogP contribution < -0.4 is 0 Å². The van der Waals surface area contributed by atoms with E-state index in [4.69, 9.17) is 9.51 Å². The summed E-state index contributed by atoms with van der Waals surface area (Å²) in [6.45, 7) is 5.15. The van der Waals surface area contributed by atoms with Gasteiger partial charge in [0.2, 0.25) is 11.7 Å². The van der Waals surface area contributed by atoms with Crippen molar-refractivity contribution in [2.24, 2.45) is 7.05 Å². The summed E-state index contributed by atoms with van der Waals surface area (Å²) in [4.78, 5) is 27.3. The third-order valence-corrected chi connectivity index (χ3v) is 6.79. The monoisotopic (exact) mass is 493 g/mol. The van der Waals surface area contributed by atoms with E-state index in [0.29, 0.717) is 42.6 Å². The molecule has 0 atom stereocenters. The summed E-state index contributed by atoms with van der Waals surface area (Å²) in [6, 6.07) is 21.6. The maximum Gasteiger partial charge on any atom is 0.254 e. The molecule has 1 amide bonds. The predicted octanol–water partition coefficient (Wildman–Crippen LogP) is 3.95. The number of nitrogens with zero attached hydrogens (tertiary/aromatic N) is 7. The topological polar surface area (TPSA) is 93.2 Å². The van der Waals surface area contributed by atoms with Gasteiger partial charge in [-0.25, -0.2) is 4.98 Å². The van der Waals surface area contributed by atoms with E-state index in [-0.39, 0.29) is 5.91 Å². The molecule has 2 aromatic carbocycles. The SMILES string of the molecule is Cc1nn(C)c2nc(-c3ccccc3)cc(C(=O)N3CCN(Cc4nc(-c5ccccc5)no4)CC3)c12. The Bertz CT molecular complexity index is 1550. The molecule has 9 heteroatoms. The first-order valence-electron chi connectivity index (χ1n) is 12.4. The molecule has 186 valence electrons. The molecular formula is C28H27N7O2. The molecule has 9 nitrogen and oxygen atoms in total. The minimum atomic E-state index is 0.00415. The van der Waals surface area contributed by atoms with Gasteiger partial charge < -0.3 is 9.42 Å². The largest absolute Gasteiger partial charge is 0.338 e. The zero-order chi connectivity index (χ0) is 25.4. The molecule has 1 fully saturated rings. The molecule has 3 aromatic heterocycles. The van der Waals surface area contributed by atoms with Gasteiger partial charge in [0, 0.05) is 44.4 Å². The van der Waals surface area contributed by atoms with Crippen molar-refractivity contribution < 1.29 is 9.32 Å². The van der Waals surface area contributed by atoms with Crippen molar-refractivity contribution in [3.63, 3.8) is 0 Å². The number of aromatic nitrogens is 5. The van der Waals surface area contributed by atoms with Crippen LogP contribution in [0.2, 0.25) is 0 Å². The maximum absolute atomic E-state index is 13.8. The number of hydrogen-bond acceptors (Lipinski definition) is 7. The van der Waals surface area contributed by atoms with Gasteiger partial charge in [0.1, 0.15) is 0 Å². The van der Waals surface area contributed by atoms with Crippen molar-refractivity contribution in [1.29, 1.82) is 0 Å². The normalized spacial score (nSPS) is 14.4. The average molecular weight is 494 g/mol. The van der Waals surface area contributed by atoms with Gasteiger partial charge in [-0.15, -0.1) is 0 Å². The van der Waals surface area contributed by atoms with Crippen LogP contribution in [-0.2, 0) is 13.6 Å². The number of pyridine rings is 1. The molecule has 4 heterocycles. The quantitative estimate of drug-likeness (QED) is 0.366. The van der Waals surface area contributed by atoms with E-state index < -0.39 is 0 Å². The van der Waals surface area contributed by atoms with Crippen molar-refractivity contribution >= 4 is 16.9 Å². The summed E-state index contributed by atoms with van der Waals surface area (Å²) in [5.41, 5.74) is 4.83. The van der Waals surface area contributed by atoms with E-state index in [9.17, 15) is 4.79 Å². The van der Waals surface area contributed by atoms with Gasteiger partial charge in [0.15, 0.2) is 5.65 Å². The fraction of sp³-hybridized carbons (Fsp3) is 0.250. The Morgan fingerprint density at radius 3 is 2.30 bits per heavy atom. The number of hydrogen-bond donors (Lipinski definition) is 0. The molecule has 0 spiro atoms. The molecule has 0 radical (unpaired) electrons. The number of benzene rings is 2. The third-order valence-electron chi connectivity index (χ3n) is 6.79. The summed E-state index contributed by atoms with van der Waals surface area (Å²) in [5, 5.41) is 9.48. The lowest BCUT2D eigenvalue weighted by Crippen LogP contribution is -2.48.